The van der Waals surface area contributed by atoms with Crippen molar-refractivity contribution in [2.75, 3.05) is 31.5 Å². The van der Waals surface area contributed by atoms with E-state index in [1.165, 1.54) is 5.56 Å². The Balaban J connectivity index is 1.86. The first kappa shape index (κ1) is 23.1. The van der Waals surface area contributed by atoms with Crippen LogP contribution in [0.2, 0.25) is 15.1 Å². The van der Waals surface area contributed by atoms with Crippen LogP contribution in [0.1, 0.15) is 37.3 Å². The number of pyridine rings is 1. The Bertz CT molecular complexity index is 1000. The van der Waals surface area contributed by atoms with E-state index in [2.05, 4.69) is 42.0 Å². The fourth-order valence-corrected chi connectivity index (χ4v) is 4.23. The summed E-state index contributed by atoms with van der Waals surface area (Å²) >= 11 is 18.6. The number of benzene rings is 2. The molecule has 0 radical (unpaired) electrons. The van der Waals surface area contributed by atoms with Crippen molar-refractivity contribution in [2.45, 2.75) is 33.1 Å². The Labute approximate surface area is 194 Å². The highest BCUT2D eigenvalue weighted by Crippen LogP contribution is 2.31. The van der Waals surface area contributed by atoms with Crippen LogP contribution < -0.4 is 5.32 Å². The van der Waals surface area contributed by atoms with Gasteiger partial charge in [0.15, 0.2) is 0 Å². The molecule has 0 fully saturated rings. The van der Waals surface area contributed by atoms with Gasteiger partial charge in [0.25, 0.3) is 0 Å². The molecule has 1 N–H and O–H groups in total. The minimum Gasteiger partial charge on any atom is -0.384 e. The number of hydrogen-bond acceptors (Lipinski definition) is 3. The lowest BCUT2D eigenvalue weighted by Gasteiger charge is -2.25. The van der Waals surface area contributed by atoms with Crippen molar-refractivity contribution in [1.82, 2.24) is 9.88 Å². The number of hydrogen-bond donors (Lipinski definition) is 1. The van der Waals surface area contributed by atoms with E-state index in [-0.39, 0.29) is 0 Å². The second-order valence-electron chi connectivity index (χ2n) is 7.54. The monoisotopic (exact) mass is 463 g/mol. The number of anilines is 1. The van der Waals surface area contributed by atoms with Crippen LogP contribution in [-0.2, 0) is 0 Å². The van der Waals surface area contributed by atoms with Gasteiger partial charge >= 0.3 is 0 Å². The molecule has 0 bridgehead atoms. The van der Waals surface area contributed by atoms with E-state index in [1.807, 2.05) is 36.5 Å². The molecule has 30 heavy (non-hydrogen) atoms. The van der Waals surface area contributed by atoms with Gasteiger partial charge in [0.05, 0.1) is 15.6 Å². The van der Waals surface area contributed by atoms with Crippen LogP contribution in [0.3, 0.4) is 0 Å². The number of halogens is 3. The molecule has 160 valence electrons. The van der Waals surface area contributed by atoms with Crippen molar-refractivity contribution < 1.29 is 0 Å². The molecule has 0 amide bonds. The zero-order valence-corrected chi connectivity index (χ0v) is 20.0. The third-order valence-corrected chi connectivity index (χ3v) is 6.62. The molecule has 1 atom stereocenters. The predicted molar refractivity (Wildman–Crippen MR) is 132 cm³/mol. The van der Waals surface area contributed by atoms with Gasteiger partial charge in [0.1, 0.15) is 0 Å². The summed E-state index contributed by atoms with van der Waals surface area (Å²) in [6.07, 6.45) is 2.92. The van der Waals surface area contributed by atoms with E-state index in [0.29, 0.717) is 21.0 Å². The first-order valence-corrected chi connectivity index (χ1v) is 11.5. The van der Waals surface area contributed by atoms with Crippen LogP contribution in [-0.4, -0.2) is 36.1 Å². The van der Waals surface area contributed by atoms with Crippen LogP contribution in [0.15, 0.2) is 42.6 Å². The van der Waals surface area contributed by atoms with E-state index in [4.69, 9.17) is 34.8 Å². The van der Waals surface area contributed by atoms with E-state index >= 15 is 0 Å². The molecule has 0 spiro atoms. The van der Waals surface area contributed by atoms with Crippen molar-refractivity contribution >= 4 is 51.4 Å². The second kappa shape index (κ2) is 10.7. The summed E-state index contributed by atoms with van der Waals surface area (Å²) in [5, 5.41) is 6.65. The topological polar surface area (TPSA) is 28.2 Å². The average Bonchev–Trinajstić information content (AvgIpc) is 2.74. The van der Waals surface area contributed by atoms with Gasteiger partial charge in [0.2, 0.25) is 0 Å². The molecule has 1 aromatic heterocycles. The average molecular weight is 465 g/mol. The SMILES string of the molecule is CCN(CC)CCC(CNc1c(C)cnc2cc(Cl)ccc12)c1ccc(Cl)c(Cl)c1. The fraction of sp³-hybridized carbons (Fsp3) is 0.375. The van der Waals surface area contributed by atoms with Crippen LogP contribution >= 0.6 is 34.8 Å². The Kier molecular flexibility index (Phi) is 8.24. The van der Waals surface area contributed by atoms with Gasteiger partial charge in [-0.15, -0.1) is 0 Å². The van der Waals surface area contributed by atoms with Gasteiger partial charge in [-0.05, 0) is 74.4 Å². The number of rotatable bonds is 9. The maximum Gasteiger partial charge on any atom is 0.0737 e. The highest BCUT2D eigenvalue weighted by Gasteiger charge is 2.16. The van der Waals surface area contributed by atoms with Gasteiger partial charge in [0, 0.05) is 34.8 Å². The van der Waals surface area contributed by atoms with E-state index < -0.39 is 0 Å². The fourth-order valence-electron chi connectivity index (χ4n) is 3.76. The summed E-state index contributed by atoms with van der Waals surface area (Å²) in [5.41, 5.74) is 4.30. The summed E-state index contributed by atoms with van der Waals surface area (Å²) in [5.74, 6) is 0.301. The lowest BCUT2D eigenvalue weighted by atomic mass is 9.95. The van der Waals surface area contributed by atoms with Crippen LogP contribution in [0.4, 0.5) is 5.69 Å². The van der Waals surface area contributed by atoms with Crippen LogP contribution in [0.25, 0.3) is 10.9 Å². The molecule has 3 nitrogen and oxygen atoms in total. The molecule has 3 rings (SSSR count). The molecule has 0 aliphatic heterocycles. The molecule has 1 unspecified atom stereocenters. The van der Waals surface area contributed by atoms with Crippen LogP contribution in [0.5, 0.6) is 0 Å². The maximum atomic E-state index is 6.33. The smallest absolute Gasteiger partial charge is 0.0737 e. The summed E-state index contributed by atoms with van der Waals surface area (Å²) in [4.78, 5) is 6.97. The standard InChI is InChI=1S/C24H28Cl3N3/c1-4-30(5-2)11-10-18(17-6-9-21(26)22(27)12-17)15-29-24-16(3)14-28-23-13-19(25)7-8-20(23)24/h6-9,12-14,18H,4-5,10-11,15H2,1-3H3,(H,28,29). The summed E-state index contributed by atoms with van der Waals surface area (Å²) < 4.78 is 0. The maximum absolute atomic E-state index is 6.33. The molecule has 0 aliphatic carbocycles. The minimum absolute atomic E-state index is 0.301. The van der Waals surface area contributed by atoms with Crippen molar-refractivity contribution in [1.29, 1.82) is 0 Å². The van der Waals surface area contributed by atoms with E-state index in [1.54, 1.807) is 0 Å². The zero-order valence-electron chi connectivity index (χ0n) is 17.7. The molecule has 0 saturated heterocycles. The van der Waals surface area contributed by atoms with E-state index in [9.17, 15) is 0 Å². The molecular weight excluding hydrogens is 437 g/mol. The molecule has 2 aromatic carbocycles. The van der Waals surface area contributed by atoms with Gasteiger partial charge in [-0.1, -0.05) is 54.7 Å². The molecule has 6 heteroatoms. The molecule has 0 saturated carbocycles. The normalized spacial score (nSPS) is 12.5. The number of nitrogens with one attached hydrogen (secondary N) is 1. The number of aromatic nitrogens is 1. The lowest BCUT2D eigenvalue weighted by Crippen LogP contribution is -2.27. The zero-order chi connectivity index (χ0) is 21.7. The van der Waals surface area contributed by atoms with Gasteiger partial charge < -0.3 is 10.2 Å². The van der Waals surface area contributed by atoms with Gasteiger partial charge in [-0.2, -0.15) is 0 Å². The van der Waals surface area contributed by atoms with Gasteiger partial charge in [-0.25, -0.2) is 0 Å². The van der Waals surface area contributed by atoms with Gasteiger partial charge in [-0.3, -0.25) is 4.98 Å². The quantitative estimate of drug-likeness (QED) is 0.357. The lowest BCUT2D eigenvalue weighted by molar-refractivity contribution is 0.291. The first-order chi connectivity index (χ1) is 14.4. The minimum atomic E-state index is 0.301. The van der Waals surface area contributed by atoms with Crippen molar-refractivity contribution in [3.8, 4) is 0 Å². The Morgan fingerprint density at radius 3 is 2.47 bits per heavy atom. The molecule has 1 heterocycles. The number of nitrogens with zero attached hydrogens (tertiary/aromatic N) is 2. The first-order valence-electron chi connectivity index (χ1n) is 10.4. The Hall–Kier alpha value is -1.52. The van der Waals surface area contributed by atoms with Crippen molar-refractivity contribution in [3.63, 3.8) is 0 Å². The molecule has 3 aromatic rings. The summed E-state index contributed by atoms with van der Waals surface area (Å²) in [6, 6.07) is 11.8. The Morgan fingerprint density at radius 2 is 1.77 bits per heavy atom. The highest BCUT2D eigenvalue weighted by molar-refractivity contribution is 6.42. The number of fused-ring (bicyclic) bond motifs is 1. The molecular formula is C24H28Cl3N3. The largest absolute Gasteiger partial charge is 0.384 e. The van der Waals surface area contributed by atoms with Crippen LogP contribution in [0, 0.1) is 6.92 Å². The highest BCUT2D eigenvalue weighted by atomic mass is 35.5. The third kappa shape index (κ3) is 5.59. The summed E-state index contributed by atoms with van der Waals surface area (Å²) in [6.45, 7) is 10.4. The van der Waals surface area contributed by atoms with Crippen molar-refractivity contribution in [2.24, 2.45) is 0 Å². The van der Waals surface area contributed by atoms with E-state index in [0.717, 1.165) is 54.8 Å². The summed E-state index contributed by atoms with van der Waals surface area (Å²) in [7, 11) is 0. The van der Waals surface area contributed by atoms with Crippen molar-refractivity contribution in [3.05, 3.63) is 68.8 Å². The third-order valence-electron chi connectivity index (χ3n) is 5.65. The second-order valence-corrected chi connectivity index (χ2v) is 8.80. The predicted octanol–water partition coefficient (Wildman–Crippen LogP) is 7.43. The molecule has 0 aliphatic rings. The number of aryl methyl sites for hydroxylation is 1. The Morgan fingerprint density at radius 1 is 1.00 bits per heavy atom.